The van der Waals surface area contributed by atoms with E-state index in [0.29, 0.717) is 0 Å². The molecule has 0 amide bonds. The van der Waals surface area contributed by atoms with Crippen molar-refractivity contribution in [3.8, 4) is 6.07 Å². The third kappa shape index (κ3) is 26.4. The third-order valence-corrected chi connectivity index (χ3v) is 2.98. The molecule has 0 fully saturated rings. The molecule has 0 aliphatic heterocycles. The van der Waals surface area contributed by atoms with E-state index in [1.807, 2.05) is 19.3 Å². The van der Waals surface area contributed by atoms with Crippen molar-refractivity contribution in [1.29, 1.82) is 5.26 Å². The summed E-state index contributed by atoms with van der Waals surface area (Å²) in [6.07, 6.45) is -12.3. The Kier molecular flexibility index (Phi) is 18.9. The number of alkyl halides is 8. The number of hydrazine groups is 1. The van der Waals surface area contributed by atoms with Gasteiger partial charge in [-0.15, -0.1) is 0 Å². The molecule has 0 bridgehead atoms. The Morgan fingerprint density at radius 1 is 0.967 bits per heavy atom. The minimum Gasteiger partial charge on any atom is -0.329 e. The molecular weight excluding hydrogens is 430 g/mol. The van der Waals surface area contributed by atoms with Gasteiger partial charge in [-0.2, -0.15) is 45.8 Å². The molecular formula is C16H29F8N5O. The van der Waals surface area contributed by atoms with Crippen molar-refractivity contribution in [2.24, 2.45) is 11.5 Å². The standard InChI is InChI=1S/C10H18F5N5.C4H5F3O.C2H6/c11-9(12,13)3-2-8(6-17)19-20-10(14,15)4-1-7(18)5-16;5-4(6,7)2-1-3-8;1-2/h7-8,19-20H,1-5,16,18H2;3H,1-2H2;1-2H3. The molecule has 0 radical (unpaired) electrons. The summed E-state index contributed by atoms with van der Waals surface area (Å²) in [6, 6.07) is -3.87. The van der Waals surface area contributed by atoms with E-state index in [1.54, 1.807) is 5.43 Å². The fourth-order valence-corrected chi connectivity index (χ4v) is 1.44. The second-order valence-electron chi connectivity index (χ2n) is 5.66. The van der Waals surface area contributed by atoms with Crippen LogP contribution in [0.25, 0.3) is 0 Å². The number of carbonyl (C=O) groups is 1. The average Bonchev–Trinajstić information content (AvgIpc) is 2.65. The molecule has 0 heterocycles. The first-order chi connectivity index (χ1) is 13.7. The fourth-order valence-electron chi connectivity index (χ4n) is 1.44. The highest BCUT2D eigenvalue weighted by Crippen LogP contribution is 2.22. The highest BCUT2D eigenvalue weighted by molar-refractivity contribution is 5.49. The van der Waals surface area contributed by atoms with Crippen molar-refractivity contribution >= 4 is 6.29 Å². The fraction of sp³-hybridized carbons (Fsp3) is 0.875. The lowest BCUT2D eigenvalue weighted by atomic mass is 10.1. The van der Waals surface area contributed by atoms with Gasteiger partial charge in [0, 0.05) is 31.8 Å². The Morgan fingerprint density at radius 2 is 1.47 bits per heavy atom. The van der Waals surface area contributed by atoms with E-state index in [0.717, 1.165) is 0 Å². The third-order valence-electron chi connectivity index (χ3n) is 2.98. The minimum absolute atomic E-state index is 0.0515. The zero-order valence-electron chi connectivity index (χ0n) is 16.7. The first-order valence-electron chi connectivity index (χ1n) is 8.98. The van der Waals surface area contributed by atoms with Crippen LogP contribution in [0, 0.1) is 11.3 Å². The quantitative estimate of drug-likeness (QED) is 0.163. The molecule has 30 heavy (non-hydrogen) atoms. The number of nitriles is 1. The van der Waals surface area contributed by atoms with Crippen LogP contribution in [0.5, 0.6) is 0 Å². The van der Waals surface area contributed by atoms with Crippen molar-refractivity contribution in [1.82, 2.24) is 10.9 Å². The lowest BCUT2D eigenvalue weighted by molar-refractivity contribution is -0.139. The summed E-state index contributed by atoms with van der Waals surface area (Å²) in [5.74, 6) is 0. The van der Waals surface area contributed by atoms with Crippen molar-refractivity contribution in [2.75, 3.05) is 6.54 Å². The Hall–Kier alpha value is -1.56. The molecule has 6 N–H and O–H groups in total. The van der Waals surface area contributed by atoms with Crippen LogP contribution >= 0.6 is 0 Å². The predicted octanol–water partition coefficient (Wildman–Crippen LogP) is 3.53. The van der Waals surface area contributed by atoms with Gasteiger partial charge < -0.3 is 16.3 Å². The van der Waals surface area contributed by atoms with Crippen LogP contribution in [0.4, 0.5) is 35.1 Å². The van der Waals surface area contributed by atoms with Crippen molar-refractivity contribution in [2.45, 2.75) is 82.9 Å². The maximum absolute atomic E-state index is 13.3. The minimum atomic E-state index is -4.44. The highest BCUT2D eigenvalue weighted by atomic mass is 19.4. The number of halogens is 8. The molecule has 2 unspecified atom stereocenters. The molecule has 0 aromatic rings. The summed E-state index contributed by atoms with van der Waals surface area (Å²) in [5.41, 5.74) is 14.0. The van der Waals surface area contributed by atoms with Gasteiger partial charge >= 0.3 is 18.4 Å². The number of hydrogen-bond donors (Lipinski definition) is 4. The lowest BCUT2D eigenvalue weighted by Gasteiger charge is -2.22. The van der Waals surface area contributed by atoms with Gasteiger partial charge in [0.25, 0.3) is 0 Å². The summed E-state index contributed by atoms with van der Waals surface area (Å²) in [6.45, 7) is 4.05. The summed E-state index contributed by atoms with van der Waals surface area (Å²) in [5, 5.41) is 8.57. The van der Waals surface area contributed by atoms with Gasteiger partial charge in [-0.25, -0.2) is 5.43 Å². The number of carbonyl (C=O) groups excluding carboxylic acids is 1. The normalized spacial score (nSPS) is 13.7. The lowest BCUT2D eigenvalue weighted by Crippen LogP contribution is -2.51. The van der Waals surface area contributed by atoms with Gasteiger partial charge in [0.2, 0.25) is 0 Å². The molecule has 6 nitrogen and oxygen atoms in total. The van der Waals surface area contributed by atoms with Crippen molar-refractivity contribution < 1.29 is 39.9 Å². The van der Waals surface area contributed by atoms with Crippen LogP contribution in [0.15, 0.2) is 0 Å². The van der Waals surface area contributed by atoms with E-state index in [4.69, 9.17) is 16.7 Å². The van der Waals surface area contributed by atoms with E-state index in [-0.39, 0.29) is 19.3 Å². The van der Waals surface area contributed by atoms with Crippen LogP contribution in [0.3, 0.4) is 0 Å². The molecule has 0 aromatic carbocycles. The SMILES string of the molecule is CC.N#CC(CCC(F)(F)F)NNC(F)(F)CCC(N)CN.O=CCCC(F)(F)F. The van der Waals surface area contributed by atoms with Gasteiger partial charge in [-0.1, -0.05) is 13.8 Å². The van der Waals surface area contributed by atoms with Gasteiger partial charge in [0.15, 0.2) is 0 Å². The van der Waals surface area contributed by atoms with Crippen molar-refractivity contribution in [3.05, 3.63) is 0 Å². The Morgan fingerprint density at radius 3 is 1.80 bits per heavy atom. The van der Waals surface area contributed by atoms with Crippen LogP contribution in [0.1, 0.15) is 52.4 Å². The van der Waals surface area contributed by atoms with Gasteiger partial charge in [-0.05, 0) is 12.8 Å². The van der Waals surface area contributed by atoms with E-state index in [2.05, 4.69) is 0 Å². The molecule has 0 aliphatic carbocycles. The predicted molar refractivity (Wildman–Crippen MR) is 94.9 cm³/mol. The van der Waals surface area contributed by atoms with E-state index >= 15 is 0 Å². The smallest absolute Gasteiger partial charge is 0.329 e. The van der Waals surface area contributed by atoms with Crippen molar-refractivity contribution in [3.63, 3.8) is 0 Å². The molecule has 0 saturated heterocycles. The summed E-state index contributed by atoms with van der Waals surface area (Å²) >= 11 is 0. The largest absolute Gasteiger partial charge is 0.389 e. The number of hydrogen-bond acceptors (Lipinski definition) is 6. The van der Waals surface area contributed by atoms with Gasteiger partial charge in [-0.3, -0.25) is 0 Å². The summed E-state index contributed by atoms with van der Waals surface area (Å²) in [4.78, 5) is 9.35. The molecule has 0 aliphatic rings. The second-order valence-corrected chi connectivity index (χ2v) is 5.66. The number of nitrogens with zero attached hydrogens (tertiary/aromatic N) is 1. The maximum Gasteiger partial charge on any atom is 0.389 e. The van der Waals surface area contributed by atoms with Crippen LogP contribution in [-0.2, 0) is 4.79 Å². The first-order valence-corrected chi connectivity index (χ1v) is 8.98. The van der Waals surface area contributed by atoms with Crippen LogP contribution in [-0.4, -0.2) is 43.3 Å². The summed E-state index contributed by atoms with van der Waals surface area (Å²) in [7, 11) is 0. The summed E-state index contributed by atoms with van der Waals surface area (Å²) < 4.78 is 95.7. The Balaban J connectivity index is -0.000000609. The maximum atomic E-state index is 13.3. The zero-order valence-corrected chi connectivity index (χ0v) is 16.7. The second kappa shape index (κ2) is 17.2. The molecule has 0 aromatic heterocycles. The van der Waals surface area contributed by atoms with E-state index < -0.39 is 62.6 Å². The van der Waals surface area contributed by atoms with Gasteiger partial charge in [0.05, 0.1) is 12.5 Å². The monoisotopic (exact) mass is 459 g/mol. The van der Waals surface area contributed by atoms with Crippen LogP contribution < -0.4 is 22.3 Å². The number of rotatable bonds is 11. The topological polar surface area (TPSA) is 117 Å². The van der Waals surface area contributed by atoms with Crippen LogP contribution in [0.2, 0.25) is 0 Å². The molecule has 0 rings (SSSR count). The average molecular weight is 459 g/mol. The first kappa shape index (κ1) is 33.1. The molecule has 14 heteroatoms. The van der Waals surface area contributed by atoms with E-state index in [9.17, 15) is 39.9 Å². The molecule has 180 valence electrons. The van der Waals surface area contributed by atoms with E-state index in [1.165, 1.54) is 6.07 Å². The molecule has 0 spiro atoms. The Bertz CT molecular complexity index is 466. The highest BCUT2D eigenvalue weighted by Gasteiger charge is 2.31. The van der Waals surface area contributed by atoms with Gasteiger partial charge in [0.1, 0.15) is 12.3 Å². The zero-order chi connectivity index (χ0) is 24.4. The number of aldehydes is 1. The molecule has 0 saturated carbocycles. The number of nitrogens with two attached hydrogens (primary N) is 2. The Labute approximate surface area is 170 Å². The number of nitrogens with one attached hydrogen (secondary N) is 2. The molecule has 2 atom stereocenters.